The minimum atomic E-state index is -0.418. The van der Waals surface area contributed by atoms with Crippen LogP contribution in [0.2, 0.25) is 0 Å². The van der Waals surface area contributed by atoms with Crippen molar-refractivity contribution < 1.29 is 9.63 Å². The topological polar surface area (TPSA) is 62.4 Å². The summed E-state index contributed by atoms with van der Waals surface area (Å²) in [4.78, 5) is 15.2. The quantitative estimate of drug-likeness (QED) is 0.397. The summed E-state index contributed by atoms with van der Waals surface area (Å²) in [5.41, 5.74) is 0.761. The zero-order chi connectivity index (χ0) is 11.3. The van der Waals surface area contributed by atoms with Crippen LogP contribution in [0.4, 0.5) is 0 Å². The Bertz CT molecular complexity index is 304. The molecule has 82 valence electrons. The zero-order valence-corrected chi connectivity index (χ0v) is 9.19. The third-order valence-corrected chi connectivity index (χ3v) is 2.79. The second-order valence-electron chi connectivity index (χ2n) is 3.94. The van der Waals surface area contributed by atoms with Crippen LogP contribution in [0.15, 0.2) is 5.16 Å². The monoisotopic (exact) mass is 208 g/mol. The molecule has 0 aromatic rings. The first-order chi connectivity index (χ1) is 7.15. The summed E-state index contributed by atoms with van der Waals surface area (Å²) in [5, 5.41) is 12.7. The molecule has 1 aliphatic rings. The number of hydrogen-bond donors (Lipinski definition) is 0. The Balaban J connectivity index is 2.63. The molecular formula is C11H16N2O2. The van der Waals surface area contributed by atoms with Crippen molar-refractivity contribution in [1.29, 1.82) is 5.26 Å². The fourth-order valence-corrected chi connectivity index (χ4v) is 1.99. The van der Waals surface area contributed by atoms with Crippen molar-refractivity contribution >= 4 is 11.7 Å². The molecule has 0 aromatic carbocycles. The fourth-order valence-electron chi connectivity index (χ4n) is 1.99. The number of carbonyl (C=O) groups excluding carboxylic acids is 1. The van der Waals surface area contributed by atoms with Crippen LogP contribution in [0.5, 0.6) is 0 Å². The van der Waals surface area contributed by atoms with Gasteiger partial charge in [0.05, 0.1) is 17.7 Å². The Morgan fingerprint density at radius 1 is 1.40 bits per heavy atom. The lowest BCUT2D eigenvalue weighted by atomic mass is 9.78. The van der Waals surface area contributed by atoms with Crippen LogP contribution in [-0.4, -0.2) is 11.7 Å². The number of carbonyl (C=O) groups is 1. The lowest BCUT2D eigenvalue weighted by Gasteiger charge is -2.25. The molecule has 2 atom stereocenters. The van der Waals surface area contributed by atoms with Gasteiger partial charge in [-0.25, -0.2) is 4.79 Å². The summed E-state index contributed by atoms with van der Waals surface area (Å²) in [5.74, 6) is -0.236. The van der Waals surface area contributed by atoms with E-state index >= 15 is 0 Å². The molecular weight excluding hydrogens is 192 g/mol. The number of oxime groups is 1. The van der Waals surface area contributed by atoms with Crippen molar-refractivity contribution in [3.8, 4) is 6.07 Å². The van der Waals surface area contributed by atoms with Gasteiger partial charge in [0.15, 0.2) is 0 Å². The van der Waals surface area contributed by atoms with Crippen molar-refractivity contribution in [2.24, 2.45) is 17.0 Å². The van der Waals surface area contributed by atoms with Crippen molar-refractivity contribution in [1.82, 2.24) is 0 Å². The Morgan fingerprint density at radius 2 is 2.07 bits per heavy atom. The molecule has 0 aliphatic heterocycles. The molecule has 0 radical (unpaired) electrons. The minimum absolute atomic E-state index is 0.0260. The Hall–Kier alpha value is -1.37. The molecule has 2 unspecified atom stereocenters. The molecule has 0 N–H and O–H groups in total. The van der Waals surface area contributed by atoms with Crippen LogP contribution in [-0.2, 0) is 9.63 Å². The average molecular weight is 208 g/mol. The Labute approximate surface area is 89.9 Å². The van der Waals surface area contributed by atoms with Crippen LogP contribution in [0, 0.1) is 23.2 Å². The molecule has 0 saturated heterocycles. The molecule has 4 nitrogen and oxygen atoms in total. The van der Waals surface area contributed by atoms with Crippen LogP contribution in [0.3, 0.4) is 0 Å². The van der Waals surface area contributed by atoms with Crippen LogP contribution >= 0.6 is 0 Å². The molecule has 0 bridgehead atoms. The zero-order valence-electron chi connectivity index (χ0n) is 9.19. The molecule has 0 aromatic heterocycles. The van der Waals surface area contributed by atoms with Crippen molar-refractivity contribution in [2.75, 3.05) is 0 Å². The molecule has 0 spiro atoms. The van der Waals surface area contributed by atoms with Crippen LogP contribution < -0.4 is 0 Å². The van der Waals surface area contributed by atoms with Crippen molar-refractivity contribution in [3.05, 3.63) is 0 Å². The van der Waals surface area contributed by atoms with Crippen molar-refractivity contribution in [3.63, 3.8) is 0 Å². The molecule has 1 rings (SSSR count). The second-order valence-corrected chi connectivity index (χ2v) is 3.94. The van der Waals surface area contributed by atoms with E-state index < -0.39 is 5.97 Å². The fraction of sp³-hybridized carbons (Fsp3) is 0.727. The summed E-state index contributed by atoms with van der Waals surface area (Å²) >= 11 is 0. The highest BCUT2D eigenvalue weighted by Gasteiger charge is 2.27. The number of nitriles is 1. The summed E-state index contributed by atoms with van der Waals surface area (Å²) in [6.07, 6.45) is 4.12. The SMILES string of the molecule is CC(=O)ON=C(C)C1CCCCC1C#N. The Morgan fingerprint density at radius 3 is 2.67 bits per heavy atom. The van der Waals surface area contributed by atoms with E-state index in [2.05, 4.69) is 16.1 Å². The van der Waals surface area contributed by atoms with Crippen LogP contribution in [0.25, 0.3) is 0 Å². The van der Waals surface area contributed by atoms with E-state index in [-0.39, 0.29) is 11.8 Å². The first kappa shape index (κ1) is 11.7. The number of nitrogens with zero attached hydrogens (tertiary/aromatic N) is 2. The molecule has 0 heterocycles. The maximum absolute atomic E-state index is 10.6. The van der Waals surface area contributed by atoms with E-state index in [4.69, 9.17) is 5.26 Å². The third-order valence-electron chi connectivity index (χ3n) is 2.79. The van der Waals surface area contributed by atoms with Gasteiger partial charge in [0, 0.05) is 12.8 Å². The van der Waals surface area contributed by atoms with E-state index in [0.717, 1.165) is 31.4 Å². The highest BCUT2D eigenvalue weighted by Crippen LogP contribution is 2.30. The van der Waals surface area contributed by atoms with Gasteiger partial charge in [-0.05, 0) is 19.8 Å². The number of rotatable bonds is 2. The number of hydrogen-bond acceptors (Lipinski definition) is 4. The maximum atomic E-state index is 10.6. The smallest absolute Gasteiger partial charge is 0.319 e. The summed E-state index contributed by atoms with van der Waals surface area (Å²) < 4.78 is 0. The first-order valence-electron chi connectivity index (χ1n) is 5.27. The summed E-state index contributed by atoms with van der Waals surface area (Å²) in [6, 6.07) is 2.30. The van der Waals surface area contributed by atoms with Crippen LogP contribution in [0.1, 0.15) is 39.5 Å². The second kappa shape index (κ2) is 5.50. The van der Waals surface area contributed by atoms with E-state index in [1.807, 2.05) is 6.92 Å². The van der Waals surface area contributed by atoms with E-state index in [9.17, 15) is 4.79 Å². The Kier molecular flexibility index (Phi) is 4.29. The molecule has 1 saturated carbocycles. The van der Waals surface area contributed by atoms with Gasteiger partial charge in [0.2, 0.25) is 0 Å². The predicted octanol–water partition coefficient (Wildman–Crippen LogP) is 2.26. The highest BCUT2D eigenvalue weighted by molar-refractivity contribution is 5.85. The van der Waals surface area contributed by atoms with Gasteiger partial charge in [0.25, 0.3) is 0 Å². The van der Waals surface area contributed by atoms with Gasteiger partial charge in [-0.2, -0.15) is 5.26 Å². The van der Waals surface area contributed by atoms with E-state index in [1.54, 1.807) is 0 Å². The normalized spacial score (nSPS) is 26.9. The summed E-state index contributed by atoms with van der Waals surface area (Å²) in [7, 11) is 0. The first-order valence-corrected chi connectivity index (χ1v) is 5.27. The summed E-state index contributed by atoms with van der Waals surface area (Å²) in [6.45, 7) is 3.14. The van der Waals surface area contributed by atoms with Gasteiger partial charge in [0.1, 0.15) is 0 Å². The van der Waals surface area contributed by atoms with E-state index in [0.29, 0.717) is 0 Å². The molecule has 0 amide bonds. The highest BCUT2D eigenvalue weighted by atomic mass is 16.7. The van der Waals surface area contributed by atoms with Gasteiger partial charge >= 0.3 is 5.97 Å². The maximum Gasteiger partial charge on any atom is 0.331 e. The van der Waals surface area contributed by atoms with Crippen molar-refractivity contribution in [2.45, 2.75) is 39.5 Å². The van der Waals surface area contributed by atoms with Gasteiger partial charge in [-0.3, -0.25) is 0 Å². The lowest BCUT2D eigenvalue weighted by Crippen LogP contribution is -2.24. The third kappa shape index (κ3) is 3.35. The molecule has 1 aliphatic carbocycles. The van der Waals surface area contributed by atoms with Gasteiger partial charge in [-0.1, -0.05) is 18.0 Å². The average Bonchev–Trinajstić information content (AvgIpc) is 2.25. The molecule has 1 fully saturated rings. The van der Waals surface area contributed by atoms with Gasteiger partial charge in [-0.15, -0.1) is 0 Å². The lowest BCUT2D eigenvalue weighted by molar-refractivity contribution is -0.141. The molecule has 15 heavy (non-hydrogen) atoms. The van der Waals surface area contributed by atoms with Gasteiger partial charge < -0.3 is 4.84 Å². The largest absolute Gasteiger partial charge is 0.331 e. The molecule has 4 heteroatoms. The predicted molar refractivity (Wildman–Crippen MR) is 55.9 cm³/mol. The van der Waals surface area contributed by atoms with E-state index in [1.165, 1.54) is 6.92 Å². The standard InChI is InChI=1S/C11H16N2O2/c1-8(13-15-9(2)14)11-6-4-3-5-10(11)7-12/h10-11H,3-6H2,1-2H3. The minimum Gasteiger partial charge on any atom is -0.319 e.